The molecule has 0 saturated carbocycles. The van der Waals surface area contributed by atoms with Crippen LogP contribution in [0.4, 0.5) is 0 Å². The molecular formula is C15H18N2O3. The largest absolute Gasteiger partial charge is 0.480 e. The molecule has 1 amide bonds. The maximum atomic E-state index is 12.3. The summed E-state index contributed by atoms with van der Waals surface area (Å²) in [6.07, 6.45) is 0. The number of carbonyl (C=O) groups excluding carboxylic acids is 1. The number of hydrogen-bond donors (Lipinski definition) is 2. The van der Waals surface area contributed by atoms with E-state index >= 15 is 0 Å². The van der Waals surface area contributed by atoms with Gasteiger partial charge in [-0.3, -0.25) is 9.59 Å². The van der Waals surface area contributed by atoms with Gasteiger partial charge in [0.1, 0.15) is 6.54 Å². The Bertz CT molecular complexity index is 673. The number of aliphatic carboxylic acids is 1. The first kappa shape index (κ1) is 14.1. The second-order valence-corrected chi connectivity index (χ2v) is 4.85. The third kappa shape index (κ3) is 2.52. The predicted octanol–water partition coefficient (Wildman–Crippen LogP) is 2.33. The van der Waals surface area contributed by atoms with E-state index in [2.05, 4.69) is 4.98 Å². The number of carbonyl (C=O) groups is 2. The van der Waals surface area contributed by atoms with Crippen LogP contribution in [0.15, 0.2) is 18.2 Å². The van der Waals surface area contributed by atoms with E-state index in [9.17, 15) is 9.59 Å². The lowest BCUT2D eigenvalue weighted by molar-refractivity contribution is -0.137. The van der Waals surface area contributed by atoms with Crippen LogP contribution >= 0.6 is 0 Å². The first-order valence-electron chi connectivity index (χ1n) is 6.54. The zero-order valence-corrected chi connectivity index (χ0v) is 11.9. The Morgan fingerprint density at radius 3 is 2.60 bits per heavy atom. The Morgan fingerprint density at radius 1 is 1.30 bits per heavy atom. The molecule has 0 aliphatic carbocycles. The number of nitrogens with one attached hydrogen (secondary N) is 1. The van der Waals surface area contributed by atoms with Crippen molar-refractivity contribution < 1.29 is 14.7 Å². The molecule has 0 atom stereocenters. The van der Waals surface area contributed by atoms with Gasteiger partial charge in [-0.05, 0) is 44.5 Å². The SMILES string of the molecule is CCN(CC(=O)O)C(=O)c1ccc2[nH]c(C)c(C)c2c1. The van der Waals surface area contributed by atoms with Crippen LogP contribution < -0.4 is 0 Å². The highest BCUT2D eigenvalue weighted by molar-refractivity contribution is 6.00. The highest BCUT2D eigenvalue weighted by Crippen LogP contribution is 2.23. The molecule has 1 aromatic heterocycles. The van der Waals surface area contributed by atoms with Crippen LogP contribution in [0.1, 0.15) is 28.5 Å². The number of benzene rings is 1. The van der Waals surface area contributed by atoms with Crippen molar-refractivity contribution in [2.45, 2.75) is 20.8 Å². The van der Waals surface area contributed by atoms with E-state index in [1.54, 1.807) is 13.0 Å². The quantitative estimate of drug-likeness (QED) is 0.898. The number of amides is 1. The van der Waals surface area contributed by atoms with Gasteiger partial charge in [-0.25, -0.2) is 0 Å². The highest BCUT2D eigenvalue weighted by atomic mass is 16.4. The minimum Gasteiger partial charge on any atom is -0.480 e. The zero-order valence-electron chi connectivity index (χ0n) is 11.9. The van der Waals surface area contributed by atoms with E-state index in [0.717, 1.165) is 22.2 Å². The van der Waals surface area contributed by atoms with Gasteiger partial charge in [0.25, 0.3) is 5.91 Å². The lowest BCUT2D eigenvalue weighted by Gasteiger charge is -2.18. The van der Waals surface area contributed by atoms with Crippen LogP contribution in [0.25, 0.3) is 10.9 Å². The van der Waals surface area contributed by atoms with Gasteiger partial charge in [-0.15, -0.1) is 0 Å². The molecule has 5 heteroatoms. The summed E-state index contributed by atoms with van der Waals surface area (Å²) < 4.78 is 0. The van der Waals surface area contributed by atoms with E-state index in [-0.39, 0.29) is 12.5 Å². The van der Waals surface area contributed by atoms with E-state index < -0.39 is 5.97 Å². The molecule has 2 N–H and O–H groups in total. The van der Waals surface area contributed by atoms with Crippen LogP contribution in [-0.4, -0.2) is 40.0 Å². The van der Waals surface area contributed by atoms with E-state index in [0.29, 0.717) is 12.1 Å². The molecule has 0 unspecified atom stereocenters. The molecule has 0 bridgehead atoms. The minimum atomic E-state index is -1.00. The van der Waals surface area contributed by atoms with Crippen molar-refractivity contribution in [3.8, 4) is 0 Å². The van der Waals surface area contributed by atoms with Gasteiger partial charge < -0.3 is 15.0 Å². The normalized spacial score (nSPS) is 10.8. The molecule has 0 aliphatic rings. The summed E-state index contributed by atoms with van der Waals surface area (Å²) in [6.45, 7) is 5.84. The van der Waals surface area contributed by atoms with Gasteiger partial charge in [0.05, 0.1) is 0 Å². The minimum absolute atomic E-state index is 0.255. The average Bonchev–Trinajstić information content (AvgIpc) is 2.70. The van der Waals surface area contributed by atoms with E-state index in [1.807, 2.05) is 26.0 Å². The third-order valence-corrected chi connectivity index (χ3v) is 3.55. The number of rotatable bonds is 4. The fourth-order valence-corrected chi connectivity index (χ4v) is 2.27. The molecular weight excluding hydrogens is 256 g/mol. The van der Waals surface area contributed by atoms with Gasteiger partial charge in [-0.1, -0.05) is 0 Å². The molecule has 20 heavy (non-hydrogen) atoms. The van der Waals surface area contributed by atoms with Gasteiger partial charge in [0, 0.05) is 28.7 Å². The fourth-order valence-electron chi connectivity index (χ4n) is 2.27. The van der Waals surface area contributed by atoms with Crippen molar-refractivity contribution in [2.24, 2.45) is 0 Å². The van der Waals surface area contributed by atoms with Crippen LogP contribution in [0.2, 0.25) is 0 Å². The molecule has 106 valence electrons. The Labute approximate surface area is 117 Å². The first-order chi connectivity index (χ1) is 9.43. The molecule has 0 fully saturated rings. The number of likely N-dealkylation sites (N-methyl/N-ethyl adjacent to an activating group) is 1. The number of aromatic amines is 1. The molecule has 0 spiro atoms. The molecule has 0 saturated heterocycles. The summed E-state index contributed by atoms with van der Waals surface area (Å²) in [7, 11) is 0. The Morgan fingerprint density at radius 2 is 2.00 bits per heavy atom. The van der Waals surface area contributed by atoms with Crippen LogP contribution in [0, 0.1) is 13.8 Å². The lowest BCUT2D eigenvalue weighted by Crippen LogP contribution is -2.35. The second-order valence-electron chi connectivity index (χ2n) is 4.85. The van der Waals surface area contributed by atoms with Crippen molar-refractivity contribution in [1.82, 2.24) is 9.88 Å². The van der Waals surface area contributed by atoms with Crippen LogP contribution in [0.5, 0.6) is 0 Å². The van der Waals surface area contributed by atoms with Crippen LogP contribution in [0.3, 0.4) is 0 Å². The smallest absolute Gasteiger partial charge is 0.323 e. The topological polar surface area (TPSA) is 73.4 Å². The number of H-pyrrole nitrogens is 1. The van der Waals surface area contributed by atoms with E-state index in [4.69, 9.17) is 5.11 Å². The Balaban J connectivity index is 2.39. The predicted molar refractivity (Wildman–Crippen MR) is 77.0 cm³/mol. The molecule has 5 nitrogen and oxygen atoms in total. The first-order valence-corrected chi connectivity index (χ1v) is 6.54. The number of fused-ring (bicyclic) bond motifs is 1. The standard InChI is InChI=1S/C15H18N2O3/c1-4-17(8-14(18)19)15(20)11-5-6-13-12(7-11)9(2)10(3)16-13/h5-7,16H,4,8H2,1-3H3,(H,18,19). The number of nitrogens with zero attached hydrogens (tertiary/aromatic N) is 1. The summed E-state index contributed by atoms with van der Waals surface area (Å²) >= 11 is 0. The fraction of sp³-hybridized carbons (Fsp3) is 0.333. The number of aromatic nitrogens is 1. The Kier molecular flexibility index (Phi) is 3.79. The number of aryl methyl sites for hydroxylation is 2. The average molecular weight is 274 g/mol. The molecule has 2 rings (SSSR count). The second kappa shape index (κ2) is 5.36. The summed E-state index contributed by atoms with van der Waals surface area (Å²) in [5.41, 5.74) is 3.68. The molecule has 0 radical (unpaired) electrons. The highest BCUT2D eigenvalue weighted by Gasteiger charge is 2.17. The summed E-state index contributed by atoms with van der Waals surface area (Å²) in [5.74, 6) is -1.26. The third-order valence-electron chi connectivity index (χ3n) is 3.55. The van der Waals surface area contributed by atoms with Crippen molar-refractivity contribution >= 4 is 22.8 Å². The van der Waals surface area contributed by atoms with Gasteiger partial charge in [-0.2, -0.15) is 0 Å². The summed E-state index contributed by atoms with van der Waals surface area (Å²) in [4.78, 5) is 27.7. The van der Waals surface area contributed by atoms with Crippen molar-refractivity contribution in [3.05, 3.63) is 35.0 Å². The monoisotopic (exact) mass is 274 g/mol. The molecule has 1 heterocycles. The maximum absolute atomic E-state index is 12.3. The van der Waals surface area contributed by atoms with Crippen molar-refractivity contribution in [2.75, 3.05) is 13.1 Å². The number of hydrogen-bond acceptors (Lipinski definition) is 2. The lowest BCUT2D eigenvalue weighted by atomic mass is 10.1. The molecule has 0 aliphatic heterocycles. The number of carboxylic acid groups (broad SMARTS) is 1. The van der Waals surface area contributed by atoms with Gasteiger partial charge >= 0.3 is 5.97 Å². The van der Waals surface area contributed by atoms with E-state index in [1.165, 1.54) is 4.90 Å². The van der Waals surface area contributed by atoms with Crippen molar-refractivity contribution in [1.29, 1.82) is 0 Å². The summed E-state index contributed by atoms with van der Waals surface area (Å²) in [6, 6.07) is 5.41. The summed E-state index contributed by atoms with van der Waals surface area (Å²) in [5, 5.41) is 9.83. The van der Waals surface area contributed by atoms with Crippen LogP contribution in [-0.2, 0) is 4.79 Å². The number of carboxylic acids is 1. The molecule has 2 aromatic rings. The molecule has 1 aromatic carbocycles. The van der Waals surface area contributed by atoms with Crippen molar-refractivity contribution in [3.63, 3.8) is 0 Å². The maximum Gasteiger partial charge on any atom is 0.323 e. The Hall–Kier alpha value is -2.30. The van der Waals surface area contributed by atoms with Gasteiger partial charge in [0.15, 0.2) is 0 Å². The van der Waals surface area contributed by atoms with Gasteiger partial charge in [0.2, 0.25) is 0 Å². The zero-order chi connectivity index (χ0) is 14.9.